The van der Waals surface area contributed by atoms with Crippen LogP contribution < -0.4 is 0 Å². The summed E-state index contributed by atoms with van der Waals surface area (Å²) in [7, 11) is -1.49. The quantitative estimate of drug-likeness (QED) is 0.274. The smallest absolute Gasteiger partial charge is 0.0611 e. The molecule has 0 N–H and O–H groups in total. The summed E-state index contributed by atoms with van der Waals surface area (Å²) in [5.74, 6) is 11.0. The van der Waals surface area contributed by atoms with Gasteiger partial charge in [0.05, 0.1) is 8.07 Å². The van der Waals surface area contributed by atoms with Crippen molar-refractivity contribution in [3.63, 3.8) is 0 Å². The zero-order chi connectivity index (χ0) is 31.1. The number of hydrogen-bond donors (Lipinski definition) is 0. The Balaban J connectivity index is 1.30. The highest BCUT2D eigenvalue weighted by Crippen LogP contribution is 2.71. The maximum absolute atomic E-state index is 2.80. The molecule has 5 aliphatic carbocycles. The molecule has 1 aliphatic heterocycles. The van der Waals surface area contributed by atoms with Crippen molar-refractivity contribution in [1.29, 1.82) is 0 Å². The van der Waals surface area contributed by atoms with Gasteiger partial charge in [0.2, 0.25) is 0 Å². The molecule has 0 nitrogen and oxygen atoms in total. The summed E-state index contributed by atoms with van der Waals surface area (Å²) in [6, 6.07) is 3.16. The number of fused-ring (bicyclic) bond motifs is 4. The predicted octanol–water partition coefficient (Wildman–Crippen LogP) is 13.0. The zero-order valence-corrected chi connectivity index (χ0v) is 32.6. The van der Waals surface area contributed by atoms with Crippen LogP contribution in [0.1, 0.15) is 147 Å². The van der Waals surface area contributed by atoms with Gasteiger partial charge in [0.1, 0.15) is 0 Å². The Morgan fingerprint density at radius 3 is 1.79 bits per heavy atom. The van der Waals surface area contributed by atoms with E-state index in [4.69, 9.17) is 0 Å². The van der Waals surface area contributed by atoms with Gasteiger partial charge in [0, 0.05) is 10.5 Å². The molecule has 14 unspecified atom stereocenters. The highest BCUT2D eigenvalue weighted by Gasteiger charge is 2.66. The third kappa shape index (κ3) is 5.63. The summed E-state index contributed by atoms with van der Waals surface area (Å²) in [5, 5.41) is 2.04. The fourth-order valence-corrected chi connectivity index (χ4v) is 25.3. The Morgan fingerprint density at radius 1 is 0.605 bits per heavy atom. The van der Waals surface area contributed by atoms with Gasteiger partial charge in [-0.25, -0.2) is 0 Å². The van der Waals surface area contributed by atoms with Crippen LogP contribution in [0.15, 0.2) is 0 Å². The van der Waals surface area contributed by atoms with Crippen molar-refractivity contribution in [1.82, 2.24) is 0 Å². The molecular formula is C41H74SSi. The standard InChI is InChI=1S/C41H74SSi/c1-12-43(13-2,39-27(5)26(4)36-33-17-14-15-20-35(33)42-37(36)39)38-25(3)21-34-31(18-16-19-32(34)38)28-22-29(40(6,7)8)24-30(23-28)41(9,10)11/h25-39H,12-24H2,1-11H3. The van der Waals surface area contributed by atoms with Gasteiger partial charge in [-0.1, -0.05) is 114 Å². The van der Waals surface area contributed by atoms with Gasteiger partial charge in [0.15, 0.2) is 0 Å². The van der Waals surface area contributed by atoms with Crippen LogP contribution in [-0.4, -0.2) is 18.6 Å². The van der Waals surface area contributed by atoms with Crippen molar-refractivity contribution in [2.24, 2.45) is 75.9 Å². The van der Waals surface area contributed by atoms with Gasteiger partial charge < -0.3 is 0 Å². The molecule has 0 amide bonds. The SMILES string of the molecule is CC[Si](CC)(C1C(C)CC2C(C3CC(C(C)(C)C)CC(C(C)(C)C)C3)CCCC21)C1C(C)C(C)C2C3CCCCC3SC21. The van der Waals surface area contributed by atoms with Crippen LogP contribution in [-0.2, 0) is 0 Å². The Hall–Kier alpha value is 0.567. The average molecular weight is 627 g/mol. The molecule has 1 heterocycles. The number of thioether (sulfide) groups is 1. The first-order valence-corrected chi connectivity index (χ1v) is 23.4. The second-order valence-corrected chi connectivity index (χ2v) is 26.7. The lowest BCUT2D eigenvalue weighted by molar-refractivity contribution is -0.000487. The van der Waals surface area contributed by atoms with Gasteiger partial charge >= 0.3 is 0 Å². The summed E-state index contributed by atoms with van der Waals surface area (Å²) in [6.07, 6.45) is 17.0. The van der Waals surface area contributed by atoms with E-state index >= 15 is 0 Å². The predicted molar refractivity (Wildman–Crippen MR) is 194 cm³/mol. The van der Waals surface area contributed by atoms with Crippen molar-refractivity contribution in [3.05, 3.63) is 0 Å². The van der Waals surface area contributed by atoms with Gasteiger partial charge in [-0.2, -0.15) is 11.8 Å². The minimum Gasteiger partial charge on any atom is -0.155 e. The molecule has 0 bridgehead atoms. The Morgan fingerprint density at radius 2 is 1.19 bits per heavy atom. The Bertz CT molecular complexity index is 932. The molecule has 248 valence electrons. The van der Waals surface area contributed by atoms with E-state index in [0.717, 1.165) is 86.7 Å². The lowest BCUT2D eigenvalue weighted by Crippen LogP contribution is -2.51. The van der Waals surface area contributed by atoms with Crippen molar-refractivity contribution >= 4 is 19.8 Å². The summed E-state index contributed by atoms with van der Waals surface area (Å²) in [6.45, 7) is 29.1. The molecule has 0 radical (unpaired) electrons. The van der Waals surface area contributed by atoms with Crippen LogP contribution in [0.2, 0.25) is 23.2 Å². The summed E-state index contributed by atoms with van der Waals surface area (Å²) in [4.78, 5) is 0. The van der Waals surface area contributed by atoms with E-state index in [1.54, 1.807) is 50.6 Å². The van der Waals surface area contributed by atoms with E-state index < -0.39 is 8.07 Å². The highest BCUT2D eigenvalue weighted by molar-refractivity contribution is 8.01. The molecule has 2 heteroatoms. The van der Waals surface area contributed by atoms with E-state index in [-0.39, 0.29) is 0 Å². The van der Waals surface area contributed by atoms with E-state index in [2.05, 4.69) is 87.9 Å². The average Bonchev–Trinajstić information content (AvgIpc) is 3.58. The fraction of sp³-hybridized carbons (Fsp3) is 1.00. The molecule has 6 fully saturated rings. The van der Waals surface area contributed by atoms with E-state index in [9.17, 15) is 0 Å². The molecule has 14 atom stereocenters. The fourth-order valence-electron chi connectivity index (χ4n) is 14.4. The first kappa shape index (κ1) is 33.5. The van der Waals surface area contributed by atoms with E-state index in [1.807, 2.05) is 0 Å². The molecule has 6 aliphatic rings. The minimum absolute atomic E-state index is 0.455. The van der Waals surface area contributed by atoms with Crippen LogP contribution in [0.25, 0.3) is 0 Å². The molecule has 6 rings (SSSR count). The van der Waals surface area contributed by atoms with Crippen LogP contribution in [0.3, 0.4) is 0 Å². The minimum atomic E-state index is -1.49. The first-order valence-electron chi connectivity index (χ1n) is 19.9. The Kier molecular flexibility index (Phi) is 9.51. The van der Waals surface area contributed by atoms with Crippen molar-refractivity contribution in [3.8, 4) is 0 Å². The second kappa shape index (κ2) is 12.2. The van der Waals surface area contributed by atoms with Gasteiger partial charge in [-0.3, -0.25) is 0 Å². The maximum Gasteiger partial charge on any atom is 0.0611 e. The zero-order valence-electron chi connectivity index (χ0n) is 30.8. The van der Waals surface area contributed by atoms with Crippen LogP contribution >= 0.6 is 11.8 Å². The number of hydrogen-bond acceptors (Lipinski definition) is 1. The van der Waals surface area contributed by atoms with Gasteiger partial charge in [0.25, 0.3) is 0 Å². The van der Waals surface area contributed by atoms with Crippen molar-refractivity contribution in [2.45, 2.75) is 180 Å². The summed E-state index contributed by atoms with van der Waals surface area (Å²) < 4.78 is 0. The molecule has 0 aromatic rings. The summed E-state index contributed by atoms with van der Waals surface area (Å²) in [5.41, 5.74) is 3.11. The summed E-state index contributed by atoms with van der Waals surface area (Å²) >= 11 is 2.59. The van der Waals surface area contributed by atoms with Crippen LogP contribution in [0.5, 0.6) is 0 Å². The molecule has 0 aromatic heterocycles. The second-order valence-electron chi connectivity index (χ2n) is 20.1. The van der Waals surface area contributed by atoms with E-state index in [0.29, 0.717) is 10.8 Å². The van der Waals surface area contributed by atoms with Gasteiger partial charge in [-0.05, 0) is 132 Å². The molecule has 1 saturated heterocycles. The lowest BCUT2D eigenvalue weighted by Gasteiger charge is -2.53. The lowest BCUT2D eigenvalue weighted by atomic mass is 9.55. The first-order chi connectivity index (χ1) is 20.2. The monoisotopic (exact) mass is 627 g/mol. The molecule has 5 saturated carbocycles. The van der Waals surface area contributed by atoms with E-state index in [1.165, 1.54) is 32.1 Å². The normalized spacial score (nSPS) is 49.0. The van der Waals surface area contributed by atoms with Gasteiger partial charge in [-0.15, -0.1) is 0 Å². The van der Waals surface area contributed by atoms with Crippen molar-refractivity contribution < 1.29 is 0 Å². The molecule has 0 spiro atoms. The molecule has 43 heavy (non-hydrogen) atoms. The third-order valence-corrected chi connectivity index (χ3v) is 25.9. The molecule has 0 aromatic carbocycles. The molecular weight excluding hydrogens is 553 g/mol. The van der Waals surface area contributed by atoms with Crippen molar-refractivity contribution in [2.75, 3.05) is 0 Å². The topological polar surface area (TPSA) is 0 Å². The largest absolute Gasteiger partial charge is 0.155 e. The van der Waals surface area contributed by atoms with Crippen LogP contribution in [0, 0.1) is 75.9 Å². The van der Waals surface area contributed by atoms with Crippen LogP contribution in [0.4, 0.5) is 0 Å². The highest BCUT2D eigenvalue weighted by atomic mass is 32.2. The number of rotatable bonds is 5. The third-order valence-electron chi connectivity index (χ3n) is 16.7. The Labute approximate surface area is 275 Å². The maximum atomic E-state index is 2.80.